The highest BCUT2D eigenvalue weighted by molar-refractivity contribution is 7.55. The lowest BCUT2D eigenvalue weighted by Crippen LogP contribution is -2.30. The maximum atomic E-state index is 10.9. The van der Waals surface area contributed by atoms with Crippen molar-refractivity contribution in [3.05, 3.63) is 77.9 Å². The molecule has 2 aromatic rings. The SMILES string of the molecule is Oc1c(CC2C=CC=CC2)cccc1Pc1ccccc1CN1CCCCC1. The third kappa shape index (κ3) is 4.93. The van der Waals surface area contributed by atoms with E-state index in [0.29, 0.717) is 20.2 Å². The number of phenols is 1. The molecule has 4 rings (SSSR count). The number of benzene rings is 2. The minimum Gasteiger partial charge on any atom is -0.507 e. The first-order valence-electron chi connectivity index (χ1n) is 10.5. The molecular weight excluding hydrogens is 361 g/mol. The van der Waals surface area contributed by atoms with Crippen molar-refractivity contribution in [3.63, 3.8) is 0 Å². The average molecular weight is 391 g/mol. The summed E-state index contributed by atoms with van der Waals surface area (Å²) >= 11 is 0. The van der Waals surface area contributed by atoms with Gasteiger partial charge in [-0.3, -0.25) is 4.90 Å². The van der Waals surface area contributed by atoms with E-state index in [1.807, 2.05) is 0 Å². The van der Waals surface area contributed by atoms with Crippen LogP contribution in [0, 0.1) is 5.92 Å². The Kier molecular flexibility index (Phi) is 6.62. The van der Waals surface area contributed by atoms with Gasteiger partial charge >= 0.3 is 0 Å². The predicted molar refractivity (Wildman–Crippen MR) is 121 cm³/mol. The molecule has 2 aliphatic rings. The summed E-state index contributed by atoms with van der Waals surface area (Å²) in [6.07, 6.45) is 14.7. The van der Waals surface area contributed by atoms with Gasteiger partial charge in [0.05, 0.1) is 0 Å². The summed E-state index contributed by atoms with van der Waals surface area (Å²) in [5.74, 6) is 0.984. The molecule has 3 heteroatoms. The van der Waals surface area contributed by atoms with Crippen molar-refractivity contribution in [3.8, 4) is 5.75 Å². The molecule has 2 unspecified atom stereocenters. The number of allylic oxidation sites excluding steroid dienone is 4. The van der Waals surface area contributed by atoms with E-state index >= 15 is 0 Å². The van der Waals surface area contributed by atoms with Gasteiger partial charge < -0.3 is 5.11 Å². The minimum absolute atomic E-state index is 0.487. The quantitative estimate of drug-likeness (QED) is 0.723. The molecule has 2 nitrogen and oxygen atoms in total. The van der Waals surface area contributed by atoms with Crippen molar-refractivity contribution in [2.75, 3.05) is 13.1 Å². The Morgan fingerprint density at radius 3 is 2.50 bits per heavy atom. The van der Waals surface area contributed by atoms with Crippen LogP contribution in [0.1, 0.15) is 36.8 Å². The Hall–Kier alpha value is -1.89. The predicted octanol–water partition coefficient (Wildman–Crippen LogP) is 4.68. The molecule has 0 saturated carbocycles. The molecule has 1 saturated heterocycles. The van der Waals surface area contributed by atoms with Crippen LogP contribution < -0.4 is 10.6 Å². The van der Waals surface area contributed by atoms with Crippen LogP contribution in [-0.4, -0.2) is 23.1 Å². The number of para-hydroxylation sites is 1. The molecule has 1 fully saturated rings. The maximum absolute atomic E-state index is 10.9. The van der Waals surface area contributed by atoms with E-state index in [1.54, 1.807) is 0 Å². The molecule has 28 heavy (non-hydrogen) atoms. The summed E-state index contributed by atoms with van der Waals surface area (Å²) in [5.41, 5.74) is 2.48. The van der Waals surface area contributed by atoms with E-state index in [1.165, 1.54) is 43.2 Å². The summed E-state index contributed by atoms with van der Waals surface area (Å²) in [5, 5.41) is 13.4. The van der Waals surface area contributed by atoms with Gasteiger partial charge in [0.1, 0.15) is 5.75 Å². The van der Waals surface area contributed by atoms with E-state index in [9.17, 15) is 5.11 Å². The van der Waals surface area contributed by atoms with Gasteiger partial charge in [-0.1, -0.05) is 81.8 Å². The topological polar surface area (TPSA) is 23.5 Å². The Labute approximate surface area is 170 Å². The normalized spacial score (nSPS) is 20.2. The number of phenolic OH excluding ortho intramolecular Hbond substituents is 1. The zero-order chi connectivity index (χ0) is 19.2. The lowest BCUT2D eigenvalue weighted by Gasteiger charge is -2.27. The number of rotatable bonds is 6. The van der Waals surface area contributed by atoms with Crippen molar-refractivity contribution in [2.24, 2.45) is 5.92 Å². The fraction of sp³-hybridized carbons (Fsp3) is 0.360. The molecule has 0 radical (unpaired) electrons. The lowest BCUT2D eigenvalue weighted by atomic mass is 9.93. The molecular formula is C25H30NOP. The zero-order valence-corrected chi connectivity index (χ0v) is 17.5. The van der Waals surface area contributed by atoms with Crippen LogP contribution in [0.15, 0.2) is 66.8 Å². The summed E-state index contributed by atoms with van der Waals surface area (Å²) in [7, 11) is 0.495. The van der Waals surface area contributed by atoms with Gasteiger partial charge in [-0.2, -0.15) is 0 Å². The fourth-order valence-corrected chi connectivity index (χ4v) is 5.46. The molecule has 2 aromatic carbocycles. The van der Waals surface area contributed by atoms with Gasteiger partial charge in [-0.05, 0) is 61.1 Å². The second kappa shape index (κ2) is 9.54. The van der Waals surface area contributed by atoms with Gasteiger partial charge in [0, 0.05) is 11.8 Å². The van der Waals surface area contributed by atoms with Crippen molar-refractivity contribution < 1.29 is 5.11 Å². The zero-order valence-electron chi connectivity index (χ0n) is 16.5. The van der Waals surface area contributed by atoms with E-state index in [2.05, 4.69) is 71.7 Å². The highest BCUT2D eigenvalue weighted by atomic mass is 31.1. The van der Waals surface area contributed by atoms with Crippen LogP contribution in [0.3, 0.4) is 0 Å². The monoisotopic (exact) mass is 391 g/mol. The van der Waals surface area contributed by atoms with E-state index in [4.69, 9.17) is 0 Å². The molecule has 0 amide bonds. The Balaban J connectivity index is 1.50. The summed E-state index contributed by atoms with van der Waals surface area (Å²) in [4.78, 5) is 2.58. The van der Waals surface area contributed by atoms with E-state index in [0.717, 1.165) is 30.3 Å². The highest BCUT2D eigenvalue weighted by Crippen LogP contribution is 2.28. The second-order valence-electron chi connectivity index (χ2n) is 7.95. The molecule has 1 N–H and O–H groups in total. The molecule has 0 bridgehead atoms. The first-order valence-corrected chi connectivity index (χ1v) is 11.5. The first-order chi connectivity index (χ1) is 13.8. The largest absolute Gasteiger partial charge is 0.507 e. The average Bonchev–Trinajstić information content (AvgIpc) is 2.74. The molecule has 1 aliphatic heterocycles. The third-order valence-electron chi connectivity index (χ3n) is 5.80. The van der Waals surface area contributed by atoms with Crippen molar-refractivity contribution in [1.29, 1.82) is 0 Å². The molecule has 1 aliphatic carbocycles. The van der Waals surface area contributed by atoms with Crippen molar-refractivity contribution >= 4 is 19.2 Å². The number of aromatic hydroxyl groups is 1. The molecule has 0 spiro atoms. The van der Waals surface area contributed by atoms with Crippen LogP contribution >= 0.6 is 8.58 Å². The van der Waals surface area contributed by atoms with Crippen LogP contribution in [0.5, 0.6) is 5.75 Å². The smallest absolute Gasteiger partial charge is 0.126 e. The van der Waals surface area contributed by atoms with Gasteiger partial charge in [-0.15, -0.1) is 0 Å². The van der Waals surface area contributed by atoms with Crippen LogP contribution in [0.4, 0.5) is 0 Å². The Morgan fingerprint density at radius 2 is 1.68 bits per heavy atom. The van der Waals surface area contributed by atoms with E-state index < -0.39 is 0 Å². The summed E-state index contributed by atoms with van der Waals surface area (Å²) < 4.78 is 0. The number of hydrogen-bond acceptors (Lipinski definition) is 2. The Bertz CT molecular complexity index is 851. The van der Waals surface area contributed by atoms with Crippen molar-refractivity contribution in [1.82, 2.24) is 4.90 Å². The number of likely N-dealkylation sites (tertiary alicyclic amines) is 1. The summed E-state index contributed by atoms with van der Waals surface area (Å²) in [6, 6.07) is 15.0. The number of nitrogens with zero attached hydrogens (tertiary/aromatic N) is 1. The minimum atomic E-state index is 0.487. The first kappa shape index (κ1) is 19.4. The van der Waals surface area contributed by atoms with Gasteiger partial charge in [0.15, 0.2) is 0 Å². The molecule has 146 valence electrons. The van der Waals surface area contributed by atoms with Crippen LogP contribution in [0.25, 0.3) is 0 Å². The highest BCUT2D eigenvalue weighted by Gasteiger charge is 2.15. The van der Waals surface area contributed by atoms with Crippen molar-refractivity contribution in [2.45, 2.75) is 38.6 Å². The molecule has 1 heterocycles. The molecule has 2 atom stereocenters. The standard InChI is InChI=1S/C25H30NOP/c27-25-21(18-20-10-3-1-4-11-20)13-9-15-24(25)28-23-14-6-5-12-22(23)19-26-16-7-2-8-17-26/h1,3-6,9-10,12-15,20,27-28H,2,7-8,11,16-19H2. The number of piperidine rings is 1. The van der Waals surface area contributed by atoms with Crippen LogP contribution in [0.2, 0.25) is 0 Å². The number of hydrogen-bond donors (Lipinski definition) is 1. The van der Waals surface area contributed by atoms with E-state index in [-0.39, 0.29) is 0 Å². The van der Waals surface area contributed by atoms with Gasteiger partial charge in [0.2, 0.25) is 0 Å². The van der Waals surface area contributed by atoms with Gasteiger partial charge in [-0.25, -0.2) is 0 Å². The van der Waals surface area contributed by atoms with Gasteiger partial charge in [0.25, 0.3) is 0 Å². The second-order valence-corrected chi connectivity index (χ2v) is 9.27. The molecule has 0 aromatic heterocycles. The lowest BCUT2D eigenvalue weighted by molar-refractivity contribution is 0.221. The van der Waals surface area contributed by atoms with Crippen LogP contribution in [-0.2, 0) is 13.0 Å². The summed E-state index contributed by atoms with van der Waals surface area (Å²) in [6.45, 7) is 3.45. The fourth-order valence-electron chi connectivity index (χ4n) is 4.21. The maximum Gasteiger partial charge on any atom is 0.126 e. The Morgan fingerprint density at radius 1 is 0.893 bits per heavy atom. The third-order valence-corrected chi connectivity index (χ3v) is 7.23.